The van der Waals surface area contributed by atoms with Gasteiger partial charge >= 0.3 is 0 Å². The van der Waals surface area contributed by atoms with Gasteiger partial charge < -0.3 is 0 Å². The van der Waals surface area contributed by atoms with Crippen molar-refractivity contribution < 1.29 is 4.79 Å². The SMILES string of the molecule is O=C1CCCC[C@@H]1Sc1n[nH]c2nc3ccccc3n12. The van der Waals surface area contributed by atoms with E-state index in [-0.39, 0.29) is 5.25 Å². The van der Waals surface area contributed by atoms with Gasteiger partial charge in [-0.1, -0.05) is 30.3 Å². The Hall–Kier alpha value is -1.82. The highest BCUT2D eigenvalue weighted by Crippen LogP contribution is 2.32. The highest BCUT2D eigenvalue weighted by Gasteiger charge is 2.25. The lowest BCUT2D eigenvalue weighted by atomic mass is 9.99. The molecule has 1 fully saturated rings. The van der Waals surface area contributed by atoms with Crippen LogP contribution in [0.4, 0.5) is 0 Å². The Morgan fingerprint density at radius 3 is 3.10 bits per heavy atom. The predicted molar refractivity (Wildman–Crippen MR) is 78.0 cm³/mol. The van der Waals surface area contributed by atoms with E-state index in [2.05, 4.69) is 15.2 Å². The molecule has 2 aromatic heterocycles. The number of aromatic nitrogens is 4. The number of carbonyl (C=O) groups is 1. The molecule has 0 unspecified atom stereocenters. The molecule has 1 aliphatic rings. The van der Waals surface area contributed by atoms with Gasteiger partial charge in [0.05, 0.1) is 16.3 Å². The quantitative estimate of drug-likeness (QED) is 0.787. The van der Waals surface area contributed by atoms with Crippen LogP contribution in [0.3, 0.4) is 0 Å². The summed E-state index contributed by atoms with van der Waals surface area (Å²) in [6.45, 7) is 0. The number of H-pyrrole nitrogens is 1. The number of para-hydroxylation sites is 2. The first-order valence-corrected chi connectivity index (χ1v) is 7.72. The first-order valence-electron chi connectivity index (χ1n) is 6.84. The van der Waals surface area contributed by atoms with Gasteiger partial charge in [-0.15, -0.1) is 5.10 Å². The Labute approximate surface area is 119 Å². The van der Waals surface area contributed by atoms with Gasteiger partial charge in [0.15, 0.2) is 5.16 Å². The lowest BCUT2D eigenvalue weighted by Gasteiger charge is -2.18. The Morgan fingerprint density at radius 2 is 2.20 bits per heavy atom. The molecule has 0 aliphatic heterocycles. The number of carbonyl (C=O) groups excluding carboxylic acids is 1. The largest absolute Gasteiger partial charge is 0.298 e. The third-order valence-electron chi connectivity index (χ3n) is 3.75. The van der Waals surface area contributed by atoms with E-state index < -0.39 is 0 Å². The van der Waals surface area contributed by atoms with Crippen molar-refractivity contribution in [3.8, 4) is 0 Å². The van der Waals surface area contributed by atoms with E-state index in [1.54, 1.807) is 11.8 Å². The number of aromatic amines is 1. The summed E-state index contributed by atoms with van der Waals surface area (Å²) in [5.74, 6) is 1.08. The third kappa shape index (κ3) is 1.83. The number of nitrogens with zero attached hydrogens (tertiary/aromatic N) is 3. The Morgan fingerprint density at radius 1 is 1.30 bits per heavy atom. The molecule has 3 aromatic rings. The molecule has 1 N–H and O–H groups in total. The summed E-state index contributed by atoms with van der Waals surface area (Å²) in [7, 11) is 0. The summed E-state index contributed by atoms with van der Waals surface area (Å²) in [6, 6.07) is 7.97. The number of ketones is 1. The summed E-state index contributed by atoms with van der Waals surface area (Å²) in [5, 5.41) is 8.14. The second-order valence-electron chi connectivity index (χ2n) is 5.08. The molecule has 1 saturated carbocycles. The standard InChI is InChI=1S/C14H14N4OS/c19-11-7-3-4-8-12(11)20-14-17-16-13-15-9-5-1-2-6-10(9)18(13)14/h1-2,5-6,12H,3-4,7-8H2,(H,15,16)/t12-/m0/s1. The van der Waals surface area contributed by atoms with Crippen LogP contribution in [-0.2, 0) is 4.79 Å². The van der Waals surface area contributed by atoms with Crippen LogP contribution in [0, 0.1) is 0 Å². The highest BCUT2D eigenvalue weighted by atomic mass is 32.2. The Bertz CT molecular complexity index is 791. The molecule has 0 saturated heterocycles. The summed E-state index contributed by atoms with van der Waals surface area (Å²) >= 11 is 1.56. The second-order valence-corrected chi connectivity index (χ2v) is 6.25. The fraction of sp³-hybridized carbons (Fsp3) is 0.357. The molecule has 5 nitrogen and oxygen atoms in total. The topological polar surface area (TPSA) is 63.0 Å². The molecule has 0 amide bonds. The summed E-state index contributed by atoms with van der Waals surface area (Å²) < 4.78 is 2.00. The highest BCUT2D eigenvalue weighted by molar-refractivity contribution is 8.00. The van der Waals surface area contributed by atoms with Crippen LogP contribution < -0.4 is 0 Å². The number of hydrogen-bond donors (Lipinski definition) is 1. The maximum absolute atomic E-state index is 12.0. The van der Waals surface area contributed by atoms with Crippen molar-refractivity contribution in [1.82, 2.24) is 19.6 Å². The third-order valence-corrected chi connectivity index (χ3v) is 5.02. The minimum absolute atomic E-state index is 0.0383. The van der Waals surface area contributed by atoms with Gasteiger partial charge in [-0.05, 0) is 25.0 Å². The molecule has 1 aliphatic carbocycles. The van der Waals surface area contributed by atoms with E-state index in [4.69, 9.17) is 0 Å². The zero-order valence-electron chi connectivity index (χ0n) is 10.9. The van der Waals surface area contributed by atoms with E-state index in [0.29, 0.717) is 12.2 Å². The molecule has 0 radical (unpaired) electrons. The number of imidazole rings is 1. The van der Waals surface area contributed by atoms with Crippen LogP contribution in [0.15, 0.2) is 29.4 Å². The Balaban J connectivity index is 1.77. The zero-order chi connectivity index (χ0) is 13.5. The Kier molecular flexibility index (Phi) is 2.77. The fourth-order valence-electron chi connectivity index (χ4n) is 2.72. The lowest BCUT2D eigenvalue weighted by molar-refractivity contribution is -0.119. The zero-order valence-corrected chi connectivity index (χ0v) is 11.7. The molecule has 2 heterocycles. The van der Waals surface area contributed by atoms with E-state index >= 15 is 0 Å². The van der Waals surface area contributed by atoms with Crippen molar-refractivity contribution in [2.75, 3.05) is 0 Å². The van der Waals surface area contributed by atoms with Crippen LogP contribution in [0.5, 0.6) is 0 Å². The van der Waals surface area contributed by atoms with Gasteiger partial charge in [0.1, 0.15) is 5.78 Å². The summed E-state index contributed by atoms with van der Waals surface area (Å²) in [6.07, 6.45) is 3.81. The maximum atomic E-state index is 12.0. The number of rotatable bonds is 2. The van der Waals surface area contributed by atoms with Gasteiger partial charge in [0.25, 0.3) is 0 Å². The average Bonchev–Trinajstić information content (AvgIpc) is 3.01. The molecule has 20 heavy (non-hydrogen) atoms. The number of Topliss-reactive ketones (excluding diaryl/α,β-unsaturated/α-hetero) is 1. The van der Waals surface area contributed by atoms with Crippen LogP contribution >= 0.6 is 11.8 Å². The van der Waals surface area contributed by atoms with Gasteiger partial charge in [0.2, 0.25) is 5.78 Å². The molecule has 6 heteroatoms. The monoisotopic (exact) mass is 286 g/mol. The minimum atomic E-state index is 0.0383. The van der Waals surface area contributed by atoms with Crippen LogP contribution in [-0.4, -0.2) is 30.6 Å². The number of hydrogen-bond acceptors (Lipinski definition) is 4. The van der Waals surface area contributed by atoms with Crippen molar-refractivity contribution in [2.24, 2.45) is 0 Å². The molecule has 0 bridgehead atoms. The van der Waals surface area contributed by atoms with Crippen molar-refractivity contribution in [2.45, 2.75) is 36.1 Å². The van der Waals surface area contributed by atoms with Gasteiger partial charge in [-0.3, -0.25) is 9.20 Å². The first-order chi connectivity index (χ1) is 9.83. The second kappa shape index (κ2) is 4.63. The van der Waals surface area contributed by atoms with Crippen molar-refractivity contribution >= 4 is 34.4 Å². The predicted octanol–water partition coefficient (Wildman–Crippen LogP) is 2.81. The summed E-state index contributed by atoms with van der Waals surface area (Å²) in [5.41, 5.74) is 1.97. The van der Waals surface area contributed by atoms with Crippen molar-refractivity contribution in [3.05, 3.63) is 24.3 Å². The average molecular weight is 286 g/mol. The van der Waals surface area contributed by atoms with E-state index in [9.17, 15) is 4.79 Å². The summed E-state index contributed by atoms with van der Waals surface area (Å²) in [4.78, 5) is 16.5. The molecule has 4 rings (SSSR count). The van der Waals surface area contributed by atoms with Crippen molar-refractivity contribution in [3.63, 3.8) is 0 Å². The van der Waals surface area contributed by atoms with Crippen LogP contribution in [0.1, 0.15) is 25.7 Å². The molecular weight excluding hydrogens is 272 g/mol. The molecule has 102 valence electrons. The smallest absolute Gasteiger partial charge is 0.231 e. The molecular formula is C14H14N4OS. The van der Waals surface area contributed by atoms with E-state index in [0.717, 1.165) is 41.2 Å². The number of thioether (sulfide) groups is 1. The number of nitrogens with one attached hydrogen (secondary N) is 1. The van der Waals surface area contributed by atoms with E-state index in [1.165, 1.54) is 0 Å². The fourth-order valence-corrected chi connectivity index (χ4v) is 3.90. The maximum Gasteiger partial charge on any atom is 0.231 e. The molecule has 1 aromatic carbocycles. The van der Waals surface area contributed by atoms with E-state index in [1.807, 2.05) is 28.7 Å². The first kappa shape index (κ1) is 12.0. The molecule has 1 atom stereocenters. The lowest BCUT2D eigenvalue weighted by Crippen LogP contribution is -2.21. The van der Waals surface area contributed by atoms with Gasteiger partial charge in [-0.2, -0.15) is 0 Å². The number of fused-ring (bicyclic) bond motifs is 3. The van der Waals surface area contributed by atoms with Gasteiger partial charge in [-0.25, -0.2) is 10.1 Å². The van der Waals surface area contributed by atoms with Crippen LogP contribution in [0.25, 0.3) is 16.8 Å². The van der Waals surface area contributed by atoms with Crippen molar-refractivity contribution in [1.29, 1.82) is 0 Å². The minimum Gasteiger partial charge on any atom is -0.298 e. The van der Waals surface area contributed by atoms with Crippen LogP contribution in [0.2, 0.25) is 0 Å². The normalized spacial score (nSPS) is 20.0. The van der Waals surface area contributed by atoms with Gasteiger partial charge in [0, 0.05) is 6.42 Å². The number of benzene rings is 1. The molecule has 0 spiro atoms.